The van der Waals surface area contributed by atoms with E-state index in [9.17, 15) is 14.7 Å². The first-order valence-electron chi connectivity index (χ1n) is 13.0. The number of esters is 1. The van der Waals surface area contributed by atoms with Gasteiger partial charge in [0, 0.05) is 0 Å². The predicted octanol–water partition coefficient (Wildman–Crippen LogP) is 4.31. The monoisotopic (exact) mass is 633 g/mol. The van der Waals surface area contributed by atoms with Crippen molar-refractivity contribution in [3.8, 4) is 0 Å². The maximum atomic E-state index is 12.7. The smallest absolute Gasteiger partial charge is 0.407 e. The van der Waals surface area contributed by atoms with Crippen molar-refractivity contribution in [3.05, 3.63) is 71.8 Å². The molecule has 2 aromatic carbocycles. The van der Waals surface area contributed by atoms with Crippen LogP contribution >= 0.6 is 34.8 Å². The zero-order valence-electron chi connectivity index (χ0n) is 22.6. The minimum atomic E-state index is -1.85. The second kappa shape index (κ2) is 16.5. The lowest BCUT2D eigenvalue weighted by molar-refractivity contribution is -0.286. The lowest BCUT2D eigenvalue weighted by Gasteiger charge is -2.44. The molecule has 10 nitrogen and oxygen atoms in total. The van der Waals surface area contributed by atoms with E-state index >= 15 is 0 Å². The molecule has 1 aliphatic heterocycles. The van der Waals surface area contributed by atoms with Crippen molar-refractivity contribution in [2.75, 3.05) is 19.8 Å². The van der Waals surface area contributed by atoms with E-state index in [1.54, 1.807) is 6.92 Å². The van der Waals surface area contributed by atoms with Gasteiger partial charge in [0.1, 0.15) is 31.0 Å². The van der Waals surface area contributed by atoms with Gasteiger partial charge in [-0.3, -0.25) is 0 Å². The lowest BCUT2D eigenvalue weighted by atomic mass is 9.96. The Hall–Kier alpha value is -2.15. The van der Waals surface area contributed by atoms with Crippen LogP contribution in [0.4, 0.5) is 4.79 Å². The number of hydrogen-bond donors (Lipinski definition) is 2. The van der Waals surface area contributed by atoms with Gasteiger partial charge in [0.2, 0.25) is 3.79 Å². The first-order valence-corrected chi connectivity index (χ1v) is 14.1. The van der Waals surface area contributed by atoms with Crippen LogP contribution in [0.5, 0.6) is 0 Å². The summed E-state index contributed by atoms with van der Waals surface area (Å²) < 4.78 is 32.2. The van der Waals surface area contributed by atoms with E-state index in [1.807, 2.05) is 60.7 Å². The third-order valence-electron chi connectivity index (χ3n) is 5.96. The van der Waals surface area contributed by atoms with Crippen molar-refractivity contribution in [2.45, 2.75) is 67.6 Å². The summed E-state index contributed by atoms with van der Waals surface area (Å²) in [5.74, 6) is -0.651. The van der Waals surface area contributed by atoms with Crippen LogP contribution in [0, 0.1) is 0 Å². The first-order chi connectivity index (χ1) is 19.6. The Labute approximate surface area is 254 Å². The fraction of sp³-hybridized carbons (Fsp3) is 0.500. The Bertz CT molecular complexity index is 1070. The molecule has 1 fully saturated rings. The van der Waals surface area contributed by atoms with Gasteiger partial charge in [0.15, 0.2) is 12.4 Å². The molecule has 41 heavy (non-hydrogen) atoms. The Morgan fingerprint density at radius 1 is 1.00 bits per heavy atom. The summed E-state index contributed by atoms with van der Waals surface area (Å²) in [6.07, 6.45) is -6.78. The molecule has 2 N–H and O–H groups in total. The molecule has 0 spiro atoms. The Kier molecular flexibility index (Phi) is 13.4. The molecule has 1 unspecified atom stereocenters. The number of alkyl halides is 3. The Morgan fingerprint density at radius 3 is 2.20 bits per heavy atom. The number of aliphatic hydroxyl groups excluding tert-OH is 1. The van der Waals surface area contributed by atoms with E-state index in [1.165, 1.54) is 6.92 Å². The molecule has 1 aliphatic rings. The molecule has 13 heteroatoms. The zero-order chi connectivity index (χ0) is 29.8. The number of aliphatic hydroxyl groups is 1. The van der Waals surface area contributed by atoms with Gasteiger partial charge in [0.05, 0.1) is 26.4 Å². The zero-order valence-corrected chi connectivity index (χ0v) is 24.9. The van der Waals surface area contributed by atoms with Gasteiger partial charge in [-0.25, -0.2) is 9.59 Å². The number of carbonyl (C=O) groups excluding carboxylic acids is 2. The number of alkyl carbamates (subject to hydrolysis) is 1. The van der Waals surface area contributed by atoms with Gasteiger partial charge in [-0.2, -0.15) is 0 Å². The molecule has 0 aromatic heterocycles. The summed E-state index contributed by atoms with van der Waals surface area (Å²) in [5.41, 5.74) is 1.75. The van der Waals surface area contributed by atoms with Crippen LogP contribution in [0.3, 0.4) is 0 Å². The van der Waals surface area contributed by atoms with Gasteiger partial charge in [-0.15, -0.1) is 0 Å². The SMILES string of the molecule is CCOC(=O)C(C)O[C@H]1[C@H](O)[C@@H](COCc2ccccc2)O[C@H](OCc2ccccc2)[C@@H]1NC(=O)OCC(Cl)(Cl)Cl. The number of amides is 1. The molecule has 1 amide bonds. The second-order valence-electron chi connectivity index (χ2n) is 9.19. The first kappa shape index (κ1) is 33.4. The molecule has 3 rings (SSSR count). The summed E-state index contributed by atoms with van der Waals surface area (Å²) in [6.45, 7) is 3.03. The highest BCUT2D eigenvalue weighted by atomic mass is 35.6. The summed E-state index contributed by atoms with van der Waals surface area (Å²) in [4.78, 5) is 25.1. The van der Waals surface area contributed by atoms with Gasteiger partial charge < -0.3 is 38.8 Å². The molecular weight excluding hydrogens is 601 g/mol. The van der Waals surface area contributed by atoms with Gasteiger partial charge in [-0.1, -0.05) is 95.5 Å². The van der Waals surface area contributed by atoms with E-state index in [2.05, 4.69) is 5.32 Å². The Balaban J connectivity index is 1.83. The average Bonchev–Trinajstić information content (AvgIpc) is 2.95. The van der Waals surface area contributed by atoms with Crippen LogP contribution in [-0.2, 0) is 46.4 Å². The van der Waals surface area contributed by atoms with Crippen molar-refractivity contribution in [3.63, 3.8) is 0 Å². The predicted molar refractivity (Wildman–Crippen MR) is 152 cm³/mol. The molecule has 0 radical (unpaired) electrons. The third-order valence-corrected chi connectivity index (χ3v) is 6.28. The third kappa shape index (κ3) is 11.2. The van der Waals surface area contributed by atoms with E-state index in [4.69, 9.17) is 63.2 Å². The number of ether oxygens (including phenoxy) is 6. The summed E-state index contributed by atoms with van der Waals surface area (Å²) >= 11 is 17.1. The molecular formula is C28H34Cl3NO9. The molecule has 6 atom stereocenters. The summed E-state index contributed by atoms with van der Waals surface area (Å²) in [7, 11) is 0. The molecule has 0 aliphatic carbocycles. The largest absolute Gasteiger partial charge is 0.464 e. The van der Waals surface area contributed by atoms with E-state index < -0.39 is 59.2 Å². The van der Waals surface area contributed by atoms with E-state index in [0.717, 1.165) is 11.1 Å². The number of rotatable bonds is 13. The van der Waals surface area contributed by atoms with Crippen molar-refractivity contribution in [1.29, 1.82) is 0 Å². The van der Waals surface area contributed by atoms with Crippen molar-refractivity contribution in [1.82, 2.24) is 5.32 Å². The van der Waals surface area contributed by atoms with Crippen molar-refractivity contribution < 1.29 is 43.1 Å². The number of nitrogens with one attached hydrogen (secondary N) is 1. The molecule has 0 bridgehead atoms. The van der Waals surface area contributed by atoms with Gasteiger partial charge in [0.25, 0.3) is 0 Å². The van der Waals surface area contributed by atoms with Crippen molar-refractivity contribution in [2.24, 2.45) is 0 Å². The van der Waals surface area contributed by atoms with Gasteiger partial charge >= 0.3 is 12.1 Å². The maximum absolute atomic E-state index is 12.7. The second-order valence-corrected chi connectivity index (χ2v) is 11.7. The average molecular weight is 635 g/mol. The quantitative estimate of drug-likeness (QED) is 0.245. The van der Waals surface area contributed by atoms with Crippen molar-refractivity contribution >= 4 is 46.9 Å². The topological polar surface area (TPSA) is 122 Å². The molecule has 226 valence electrons. The van der Waals surface area contributed by atoms with Crippen LogP contribution in [0.25, 0.3) is 0 Å². The minimum Gasteiger partial charge on any atom is -0.464 e. The highest BCUT2D eigenvalue weighted by Gasteiger charge is 2.49. The number of benzene rings is 2. The highest BCUT2D eigenvalue weighted by Crippen LogP contribution is 2.29. The minimum absolute atomic E-state index is 0.0423. The number of halogens is 3. The van der Waals surface area contributed by atoms with Crippen LogP contribution in [0.2, 0.25) is 0 Å². The molecule has 1 saturated heterocycles. The summed E-state index contributed by atoms with van der Waals surface area (Å²) in [5, 5.41) is 13.9. The molecule has 0 saturated carbocycles. The van der Waals surface area contributed by atoms with E-state index in [-0.39, 0.29) is 26.4 Å². The van der Waals surface area contributed by atoms with Crippen LogP contribution in [0.1, 0.15) is 25.0 Å². The number of hydrogen-bond acceptors (Lipinski definition) is 9. The highest BCUT2D eigenvalue weighted by molar-refractivity contribution is 6.67. The molecule has 1 heterocycles. The fourth-order valence-corrected chi connectivity index (χ4v) is 4.17. The van der Waals surface area contributed by atoms with Gasteiger partial charge in [-0.05, 0) is 25.0 Å². The van der Waals surface area contributed by atoms with Crippen LogP contribution < -0.4 is 5.32 Å². The summed E-state index contributed by atoms with van der Waals surface area (Å²) in [6, 6.07) is 17.6. The normalized spacial score (nSPS) is 23.4. The van der Waals surface area contributed by atoms with Crippen LogP contribution in [0.15, 0.2) is 60.7 Å². The maximum Gasteiger partial charge on any atom is 0.407 e. The number of carbonyl (C=O) groups is 2. The molecule has 2 aromatic rings. The standard InChI is InChI=1S/C28H34Cl3NO9/c1-3-37-25(34)18(2)40-24-22(32-27(35)39-17-28(29,30)31)26(38-15-20-12-8-5-9-13-20)41-21(23(24)33)16-36-14-19-10-6-4-7-11-19/h4-13,18,21-24,26,33H,3,14-17H2,1-2H3,(H,32,35)/t18?,21-,22-,23-,24-,26+/m1/s1. The lowest BCUT2D eigenvalue weighted by Crippen LogP contribution is -2.66. The van der Waals surface area contributed by atoms with E-state index in [0.29, 0.717) is 0 Å². The Morgan fingerprint density at radius 2 is 1.61 bits per heavy atom. The fourth-order valence-electron chi connectivity index (χ4n) is 4.01. The van der Waals surface area contributed by atoms with Crippen LogP contribution in [-0.4, -0.2) is 77.5 Å².